The van der Waals surface area contributed by atoms with Crippen LogP contribution in [0.15, 0.2) is 18.2 Å². The predicted octanol–water partition coefficient (Wildman–Crippen LogP) is 2.94. The summed E-state index contributed by atoms with van der Waals surface area (Å²) in [6.07, 6.45) is 3.27. The average molecular weight is 270 g/mol. The van der Waals surface area contributed by atoms with Crippen LogP contribution in [0.2, 0.25) is 5.02 Å². The van der Waals surface area contributed by atoms with Gasteiger partial charge in [-0.05, 0) is 31.4 Å². The molecule has 0 heterocycles. The minimum Gasteiger partial charge on any atom is -0.508 e. The molecule has 0 radical (unpaired) electrons. The zero-order valence-electron chi connectivity index (χ0n) is 10.2. The van der Waals surface area contributed by atoms with Crippen LogP contribution in [0.1, 0.15) is 25.7 Å². The van der Waals surface area contributed by atoms with Gasteiger partial charge in [-0.1, -0.05) is 11.6 Å². The summed E-state index contributed by atoms with van der Waals surface area (Å²) in [6.45, 7) is 0. The van der Waals surface area contributed by atoms with E-state index in [1.807, 2.05) is 0 Å². The molecule has 0 spiro atoms. The molecule has 1 amide bonds. The molecule has 2 N–H and O–H groups in total. The van der Waals surface area contributed by atoms with Crippen LogP contribution >= 0.6 is 11.6 Å². The number of phenolic OH excluding ortho intramolecular Hbond substituents is 1. The van der Waals surface area contributed by atoms with Gasteiger partial charge in [0.2, 0.25) is 5.91 Å². The number of amides is 1. The fraction of sp³-hybridized carbons (Fsp3) is 0.462. The number of aromatic hydroxyl groups is 1. The number of ether oxygens (including phenoxy) is 1. The van der Waals surface area contributed by atoms with Crippen molar-refractivity contribution in [3.8, 4) is 5.75 Å². The molecule has 5 heteroatoms. The lowest BCUT2D eigenvalue weighted by atomic mass is 9.77. The number of anilines is 1. The fourth-order valence-electron chi connectivity index (χ4n) is 2.12. The van der Waals surface area contributed by atoms with E-state index >= 15 is 0 Å². The molecule has 2 rings (SSSR count). The van der Waals surface area contributed by atoms with Crippen molar-refractivity contribution in [2.24, 2.45) is 0 Å². The summed E-state index contributed by atoms with van der Waals surface area (Å²) < 4.78 is 5.40. The Hall–Kier alpha value is -1.26. The first-order chi connectivity index (χ1) is 8.54. The Labute approximate surface area is 111 Å². The molecule has 98 valence electrons. The molecule has 0 atom stereocenters. The quantitative estimate of drug-likeness (QED) is 0.826. The van der Waals surface area contributed by atoms with Crippen LogP contribution in [-0.4, -0.2) is 23.7 Å². The SMILES string of the molecule is COC1(CC(=O)Nc2ccc(O)cc2Cl)CCC1. The molecule has 1 saturated carbocycles. The summed E-state index contributed by atoms with van der Waals surface area (Å²) in [6, 6.07) is 4.46. The second kappa shape index (κ2) is 5.16. The smallest absolute Gasteiger partial charge is 0.227 e. The van der Waals surface area contributed by atoms with Gasteiger partial charge in [-0.15, -0.1) is 0 Å². The van der Waals surface area contributed by atoms with Gasteiger partial charge in [0.05, 0.1) is 22.7 Å². The van der Waals surface area contributed by atoms with Crippen molar-refractivity contribution in [2.75, 3.05) is 12.4 Å². The molecule has 0 saturated heterocycles. The summed E-state index contributed by atoms with van der Waals surface area (Å²) in [5.41, 5.74) is 0.207. The Morgan fingerprint density at radius 2 is 2.28 bits per heavy atom. The number of benzene rings is 1. The molecule has 1 aromatic carbocycles. The maximum atomic E-state index is 11.9. The van der Waals surface area contributed by atoms with Gasteiger partial charge >= 0.3 is 0 Å². The first-order valence-corrected chi connectivity index (χ1v) is 6.26. The van der Waals surface area contributed by atoms with Crippen LogP contribution < -0.4 is 5.32 Å². The molecule has 1 aliphatic carbocycles. The maximum absolute atomic E-state index is 11.9. The van der Waals surface area contributed by atoms with Crippen LogP contribution in [0.5, 0.6) is 5.75 Å². The van der Waals surface area contributed by atoms with Crippen molar-refractivity contribution in [1.29, 1.82) is 0 Å². The molecular weight excluding hydrogens is 254 g/mol. The molecule has 1 aliphatic rings. The highest BCUT2D eigenvalue weighted by Crippen LogP contribution is 2.38. The molecule has 4 nitrogen and oxygen atoms in total. The molecule has 0 bridgehead atoms. The van der Waals surface area contributed by atoms with Crippen molar-refractivity contribution in [3.63, 3.8) is 0 Å². The summed E-state index contributed by atoms with van der Waals surface area (Å²) >= 11 is 5.92. The highest BCUT2D eigenvalue weighted by molar-refractivity contribution is 6.33. The number of nitrogens with one attached hydrogen (secondary N) is 1. The Bertz CT molecular complexity index is 452. The summed E-state index contributed by atoms with van der Waals surface area (Å²) in [5, 5.41) is 12.3. The normalized spacial score (nSPS) is 17.0. The largest absolute Gasteiger partial charge is 0.508 e. The van der Waals surface area contributed by atoms with Crippen LogP contribution in [0.3, 0.4) is 0 Å². The van der Waals surface area contributed by atoms with Crippen LogP contribution in [-0.2, 0) is 9.53 Å². The third kappa shape index (κ3) is 2.76. The van der Waals surface area contributed by atoms with E-state index in [-0.39, 0.29) is 17.3 Å². The highest BCUT2D eigenvalue weighted by Gasteiger charge is 2.39. The van der Waals surface area contributed by atoms with E-state index in [1.165, 1.54) is 12.1 Å². The number of halogens is 1. The summed E-state index contributed by atoms with van der Waals surface area (Å²) in [7, 11) is 1.64. The van der Waals surface area contributed by atoms with Gasteiger partial charge in [0.25, 0.3) is 0 Å². The van der Waals surface area contributed by atoms with Gasteiger partial charge in [-0.3, -0.25) is 4.79 Å². The van der Waals surface area contributed by atoms with Crippen LogP contribution in [0.25, 0.3) is 0 Å². The Morgan fingerprint density at radius 1 is 1.56 bits per heavy atom. The second-order valence-electron chi connectivity index (χ2n) is 4.63. The van der Waals surface area contributed by atoms with Crippen molar-refractivity contribution in [3.05, 3.63) is 23.2 Å². The number of methoxy groups -OCH3 is 1. The minimum absolute atomic E-state index is 0.0744. The van der Waals surface area contributed by atoms with E-state index in [0.29, 0.717) is 17.1 Å². The molecule has 18 heavy (non-hydrogen) atoms. The molecule has 0 aromatic heterocycles. The molecular formula is C13H16ClNO3. The van der Waals surface area contributed by atoms with Crippen molar-refractivity contribution in [2.45, 2.75) is 31.3 Å². The van der Waals surface area contributed by atoms with Gasteiger partial charge in [-0.2, -0.15) is 0 Å². The topological polar surface area (TPSA) is 58.6 Å². The van der Waals surface area contributed by atoms with Gasteiger partial charge in [0.1, 0.15) is 5.75 Å². The first-order valence-electron chi connectivity index (χ1n) is 5.88. The number of hydrogen-bond donors (Lipinski definition) is 2. The lowest BCUT2D eigenvalue weighted by Gasteiger charge is -2.39. The maximum Gasteiger partial charge on any atom is 0.227 e. The highest BCUT2D eigenvalue weighted by atomic mass is 35.5. The van der Waals surface area contributed by atoms with Crippen molar-refractivity contribution < 1.29 is 14.6 Å². The number of rotatable bonds is 4. The first kappa shape index (κ1) is 13.2. The standard InChI is InChI=1S/C13H16ClNO3/c1-18-13(5-2-6-13)8-12(17)15-11-4-3-9(16)7-10(11)14/h3-4,7,16H,2,5-6,8H2,1H3,(H,15,17). The van der Waals surface area contributed by atoms with Gasteiger partial charge in [0, 0.05) is 13.2 Å². The van der Waals surface area contributed by atoms with E-state index in [4.69, 9.17) is 16.3 Å². The minimum atomic E-state index is -0.298. The van der Waals surface area contributed by atoms with Crippen LogP contribution in [0, 0.1) is 0 Å². The number of phenols is 1. The summed E-state index contributed by atoms with van der Waals surface area (Å²) in [5.74, 6) is -0.0468. The number of carbonyl (C=O) groups excluding carboxylic acids is 1. The van der Waals surface area contributed by atoms with E-state index in [1.54, 1.807) is 13.2 Å². The van der Waals surface area contributed by atoms with Gasteiger partial charge in [0.15, 0.2) is 0 Å². The Morgan fingerprint density at radius 3 is 2.78 bits per heavy atom. The molecule has 1 fully saturated rings. The monoisotopic (exact) mass is 269 g/mol. The zero-order chi connectivity index (χ0) is 13.2. The van der Waals surface area contributed by atoms with Gasteiger partial charge in [-0.25, -0.2) is 0 Å². The lowest BCUT2D eigenvalue weighted by molar-refractivity contribution is -0.129. The average Bonchev–Trinajstić information content (AvgIpc) is 2.27. The number of hydrogen-bond acceptors (Lipinski definition) is 3. The third-order valence-corrected chi connectivity index (χ3v) is 3.72. The van der Waals surface area contributed by atoms with Crippen molar-refractivity contribution in [1.82, 2.24) is 0 Å². The Balaban J connectivity index is 1.98. The zero-order valence-corrected chi connectivity index (χ0v) is 11.0. The van der Waals surface area contributed by atoms with Gasteiger partial charge < -0.3 is 15.2 Å². The van der Waals surface area contributed by atoms with E-state index in [2.05, 4.69) is 5.32 Å². The number of carbonyl (C=O) groups is 1. The van der Waals surface area contributed by atoms with Crippen molar-refractivity contribution >= 4 is 23.2 Å². The predicted molar refractivity (Wildman–Crippen MR) is 70.0 cm³/mol. The van der Waals surface area contributed by atoms with E-state index < -0.39 is 0 Å². The molecule has 0 aliphatic heterocycles. The lowest BCUT2D eigenvalue weighted by Crippen LogP contribution is -2.42. The van der Waals surface area contributed by atoms with E-state index in [0.717, 1.165) is 19.3 Å². The molecule has 0 unspecified atom stereocenters. The van der Waals surface area contributed by atoms with Crippen LogP contribution in [0.4, 0.5) is 5.69 Å². The van der Waals surface area contributed by atoms with E-state index in [9.17, 15) is 9.90 Å². The molecule has 1 aromatic rings. The summed E-state index contributed by atoms with van der Waals surface area (Å²) in [4.78, 5) is 11.9. The fourth-order valence-corrected chi connectivity index (χ4v) is 2.34. The Kier molecular flexibility index (Phi) is 3.78. The third-order valence-electron chi connectivity index (χ3n) is 3.41. The second-order valence-corrected chi connectivity index (χ2v) is 5.04.